The van der Waals surface area contributed by atoms with Crippen molar-refractivity contribution in [1.29, 1.82) is 0 Å². The second kappa shape index (κ2) is 10.4. The number of pyridine rings is 2. The summed E-state index contributed by atoms with van der Waals surface area (Å²) in [5.74, 6) is 1.79. The number of fused-ring (bicyclic) bond motifs is 2. The van der Waals surface area contributed by atoms with E-state index >= 15 is 4.39 Å². The molecule has 9 heteroatoms. The van der Waals surface area contributed by atoms with Crippen LogP contribution in [0.15, 0.2) is 41.3 Å². The van der Waals surface area contributed by atoms with Gasteiger partial charge >= 0.3 is 0 Å². The molecule has 6 unspecified atom stereocenters. The minimum Gasteiger partial charge on any atom is -0.396 e. The minimum absolute atomic E-state index is 0.00963. The van der Waals surface area contributed by atoms with Gasteiger partial charge in [0, 0.05) is 37.5 Å². The molecule has 7 nitrogen and oxygen atoms in total. The maximum atomic E-state index is 15.2. The van der Waals surface area contributed by atoms with Crippen molar-refractivity contribution in [3.63, 3.8) is 0 Å². The number of piperidine rings is 1. The van der Waals surface area contributed by atoms with Crippen LogP contribution in [0.1, 0.15) is 68.6 Å². The van der Waals surface area contributed by atoms with Gasteiger partial charge in [0.1, 0.15) is 23.0 Å². The topological polar surface area (TPSA) is 87.5 Å². The molecule has 7 rings (SSSR count). The number of anilines is 1. The quantitative estimate of drug-likeness (QED) is 0.421. The highest BCUT2D eigenvalue weighted by molar-refractivity contribution is 5.97. The maximum Gasteiger partial charge on any atom is 0.257 e. The molecule has 3 saturated carbocycles. The molecule has 1 amide bonds. The third-order valence-electron chi connectivity index (χ3n) is 10.6. The lowest BCUT2D eigenvalue weighted by Gasteiger charge is -2.46. The number of halogens is 2. The fourth-order valence-corrected chi connectivity index (χ4v) is 8.72. The first-order chi connectivity index (χ1) is 20.2. The van der Waals surface area contributed by atoms with Crippen molar-refractivity contribution in [2.75, 3.05) is 24.6 Å². The van der Waals surface area contributed by atoms with E-state index in [0.717, 1.165) is 62.7 Å². The van der Waals surface area contributed by atoms with E-state index in [1.807, 2.05) is 0 Å². The molecule has 2 aromatic heterocycles. The number of benzene rings is 1. The summed E-state index contributed by atoms with van der Waals surface area (Å²) in [7, 11) is 0. The van der Waals surface area contributed by atoms with Gasteiger partial charge in [-0.25, -0.2) is 13.8 Å². The largest absolute Gasteiger partial charge is 0.396 e. The molecule has 42 heavy (non-hydrogen) atoms. The SMILES string of the molecule is CC1(NC(=O)c2cn(-c3ccc(F)cc3F)c3nc(N4CCCC(CCO)C4)ccc3c2=O)CC2CC3CC(C1)C3C2. The maximum absolute atomic E-state index is 15.2. The number of aliphatic hydroxyl groups excluding tert-OH is 1. The van der Waals surface area contributed by atoms with Crippen molar-refractivity contribution in [3.05, 3.63) is 63.9 Å². The van der Waals surface area contributed by atoms with Crippen LogP contribution in [-0.4, -0.2) is 45.8 Å². The standard InChI is InChI=1S/C33H38F2N4O3/c1-33(15-20-11-21-13-22(16-33)25(21)12-20)37-32(42)26-18-39(28-6-4-23(34)14-27(28)35)31-24(30(26)41)5-7-29(36-31)38-9-2-3-19(17-38)8-10-40/h4-7,14,18-22,25,40H,2-3,8-13,15-17H2,1H3,(H,37,42). The molecule has 4 aliphatic rings. The molecule has 6 atom stereocenters. The number of aromatic nitrogens is 2. The Morgan fingerprint density at radius 2 is 2.00 bits per heavy atom. The number of nitrogens with zero attached hydrogens (tertiary/aromatic N) is 3. The first-order valence-corrected chi connectivity index (χ1v) is 15.4. The summed E-state index contributed by atoms with van der Waals surface area (Å²) in [6.45, 7) is 3.71. The number of carbonyl (C=O) groups excluding carboxylic acids is 1. The van der Waals surface area contributed by atoms with Crippen molar-refractivity contribution in [3.8, 4) is 5.69 Å². The molecular weight excluding hydrogens is 538 g/mol. The Labute approximate surface area is 243 Å². The highest BCUT2D eigenvalue weighted by Crippen LogP contribution is 2.60. The summed E-state index contributed by atoms with van der Waals surface area (Å²) in [6.07, 6.45) is 9.53. The molecule has 1 aromatic carbocycles. The first kappa shape index (κ1) is 27.5. The van der Waals surface area contributed by atoms with E-state index in [9.17, 15) is 19.1 Å². The van der Waals surface area contributed by atoms with Crippen molar-refractivity contribution in [2.45, 2.75) is 63.8 Å². The summed E-state index contributed by atoms with van der Waals surface area (Å²) in [4.78, 5) is 34.6. The molecule has 1 saturated heterocycles. The van der Waals surface area contributed by atoms with Crippen LogP contribution in [0.5, 0.6) is 0 Å². The highest BCUT2D eigenvalue weighted by Gasteiger charge is 2.53. The summed E-state index contributed by atoms with van der Waals surface area (Å²) >= 11 is 0. The molecule has 3 aliphatic carbocycles. The Kier molecular flexibility index (Phi) is 6.83. The smallest absolute Gasteiger partial charge is 0.257 e. The molecule has 2 bridgehead atoms. The number of aliphatic hydroxyl groups is 1. The first-order valence-electron chi connectivity index (χ1n) is 15.4. The van der Waals surface area contributed by atoms with E-state index < -0.39 is 28.5 Å². The van der Waals surface area contributed by atoms with Gasteiger partial charge in [0.25, 0.3) is 5.91 Å². The summed E-state index contributed by atoms with van der Waals surface area (Å²) in [5, 5.41) is 12.9. The molecule has 2 N–H and O–H groups in total. The van der Waals surface area contributed by atoms with E-state index in [-0.39, 0.29) is 28.9 Å². The van der Waals surface area contributed by atoms with Gasteiger partial charge in [-0.1, -0.05) is 0 Å². The van der Waals surface area contributed by atoms with Gasteiger partial charge in [-0.15, -0.1) is 0 Å². The Balaban J connectivity index is 1.28. The number of amides is 1. The average Bonchev–Trinajstić information content (AvgIpc) is 3.21. The number of carbonyl (C=O) groups is 1. The van der Waals surface area contributed by atoms with Crippen LogP contribution in [0.25, 0.3) is 16.7 Å². The van der Waals surface area contributed by atoms with Crippen molar-refractivity contribution >= 4 is 22.8 Å². The lowest BCUT2D eigenvalue weighted by atomic mass is 9.62. The van der Waals surface area contributed by atoms with Crippen molar-refractivity contribution in [1.82, 2.24) is 14.9 Å². The number of nitrogens with one attached hydrogen (secondary N) is 1. The van der Waals surface area contributed by atoms with E-state index in [1.54, 1.807) is 12.1 Å². The zero-order valence-electron chi connectivity index (χ0n) is 24.0. The van der Waals surface area contributed by atoms with Crippen LogP contribution >= 0.6 is 0 Å². The molecule has 1 aliphatic heterocycles. The van der Waals surface area contributed by atoms with Gasteiger partial charge in [0.2, 0.25) is 5.43 Å². The number of hydrogen-bond donors (Lipinski definition) is 2. The van der Waals surface area contributed by atoms with Gasteiger partial charge in [-0.05, 0) is 112 Å². The molecule has 4 fully saturated rings. The Morgan fingerprint density at radius 3 is 2.81 bits per heavy atom. The van der Waals surface area contributed by atoms with E-state index in [4.69, 9.17) is 4.98 Å². The van der Waals surface area contributed by atoms with E-state index in [2.05, 4.69) is 17.1 Å². The van der Waals surface area contributed by atoms with Gasteiger partial charge in [-0.3, -0.25) is 14.2 Å². The van der Waals surface area contributed by atoms with Crippen LogP contribution in [-0.2, 0) is 0 Å². The van der Waals surface area contributed by atoms with Crippen LogP contribution < -0.4 is 15.6 Å². The molecule has 3 aromatic rings. The second-order valence-electron chi connectivity index (χ2n) is 13.5. The Bertz CT molecular complexity index is 1600. The van der Waals surface area contributed by atoms with Gasteiger partial charge in [-0.2, -0.15) is 0 Å². The summed E-state index contributed by atoms with van der Waals surface area (Å²) in [6, 6.07) is 6.68. The number of rotatable bonds is 6. The van der Waals surface area contributed by atoms with Gasteiger partial charge < -0.3 is 15.3 Å². The average molecular weight is 577 g/mol. The third-order valence-corrected chi connectivity index (χ3v) is 10.6. The Hall–Kier alpha value is -3.33. The molecule has 222 valence electrons. The van der Waals surface area contributed by atoms with Crippen LogP contribution in [0.4, 0.5) is 14.6 Å². The third kappa shape index (κ3) is 4.79. The molecule has 0 spiro atoms. The second-order valence-corrected chi connectivity index (χ2v) is 13.5. The molecule has 0 radical (unpaired) electrons. The summed E-state index contributed by atoms with van der Waals surface area (Å²) < 4.78 is 30.5. The van der Waals surface area contributed by atoms with Crippen LogP contribution in [0, 0.1) is 41.2 Å². The number of hydrogen-bond acceptors (Lipinski definition) is 5. The lowest BCUT2D eigenvalue weighted by Crippen LogP contribution is -2.51. The molecule has 3 heterocycles. The van der Waals surface area contributed by atoms with E-state index in [0.29, 0.717) is 30.0 Å². The monoisotopic (exact) mass is 576 g/mol. The van der Waals surface area contributed by atoms with Gasteiger partial charge in [0.05, 0.1) is 11.1 Å². The lowest BCUT2D eigenvalue weighted by molar-refractivity contribution is 0.0570. The predicted octanol–water partition coefficient (Wildman–Crippen LogP) is 5.21. The van der Waals surface area contributed by atoms with Crippen molar-refractivity contribution < 1.29 is 18.7 Å². The fourth-order valence-electron chi connectivity index (χ4n) is 8.72. The van der Waals surface area contributed by atoms with Crippen molar-refractivity contribution in [2.24, 2.45) is 29.6 Å². The summed E-state index contributed by atoms with van der Waals surface area (Å²) in [5.41, 5.74) is -0.734. The molecular formula is C33H38F2N4O3. The fraction of sp³-hybridized carbons (Fsp3) is 0.545. The predicted molar refractivity (Wildman–Crippen MR) is 157 cm³/mol. The zero-order valence-corrected chi connectivity index (χ0v) is 24.0. The van der Waals surface area contributed by atoms with Crippen LogP contribution in [0.3, 0.4) is 0 Å². The zero-order chi connectivity index (χ0) is 29.2. The minimum atomic E-state index is -0.814. The van der Waals surface area contributed by atoms with E-state index in [1.165, 1.54) is 36.1 Å². The highest BCUT2D eigenvalue weighted by atomic mass is 19.1. The van der Waals surface area contributed by atoms with Crippen LogP contribution in [0.2, 0.25) is 0 Å². The van der Waals surface area contributed by atoms with Gasteiger partial charge in [0.15, 0.2) is 5.65 Å². The normalized spacial score (nSPS) is 30.2. The Morgan fingerprint density at radius 1 is 1.14 bits per heavy atom.